The number of rotatable bonds is 0. The summed E-state index contributed by atoms with van der Waals surface area (Å²) in [6, 6.07) is 4.32. The lowest BCUT2D eigenvalue weighted by atomic mass is 9.99. The molecule has 0 fully saturated rings. The molecule has 0 unspecified atom stereocenters. The second kappa shape index (κ2) is 3.16. The first-order chi connectivity index (χ1) is 7.04. The van der Waals surface area contributed by atoms with Crippen molar-refractivity contribution in [3.05, 3.63) is 28.8 Å². The Balaban J connectivity index is 2.69. The van der Waals surface area contributed by atoms with Crippen LogP contribution in [-0.4, -0.2) is 6.54 Å². The molecule has 1 N–H and O–H groups in total. The van der Waals surface area contributed by atoms with Gasteiger partial charge in [-0.05, 0) is 24.1 Å². The number of nitrogens with zero attached hydrogens (tertiary/aromatic N) is 1. The fraction of sp³-hybridized carbons (Fsp3) is 0.300. The highest BCUT2D eigenvalue weighted by atomic mass is 19.4. The van der Waals surface area contributed by atoms with Crippen LogP contribution in [0.1, 0.15) is 16.7 Å². The summed E-state index contributed by atoms with van der Waals surface area (Å²) in [6.45, 7) is 0.493. The molecular formula is C10H7F3N2. The molecule has 1 aromatic carbocycles. The first kappa shape index (κ1) is 9.84. The van der Waals surface area contributed by atoms with E-state index in [9.17, 15) is 13.2 Å². The molecule has 0 aliphatic carbocycles. The Hall–Kier alpha value is -1.70. The van der Waals surface area contributed by atoms with Gasteiger partial charge in [-0.2, -0.15) is 18.4 Å². The van der Waals surface area contributed by atoms with Gasteiger partial charge in [0.05, 0.1) is 17.2 Å². The van der Waals surface area contributed by atoms with E-state index in [1.165, 1.54) is 12.1 Å². The van der Waals surface area contributed by atoms with E-state index >= 15 is 0 Å². The highest BCUT2D eigenvalue weighted by Gasteiger charge is 2.38. The fourth-order valence-corrected chi connectivity index (χ4v) is 1.81. The number of alkyl halides is 3. The highest BCUT2D eigenvalue weighted by molar-refractivity contribution is 5.63. The van der Waals surface area contributed by atoms with Gasteiger partial charge in [-0.1, -0.05) is 0 Å². The van der Waals surface area contributed by atoms with E-state index in [0.717, 1.165) is 0 Å². The summed E-state index contributed by atoms with van der Waals surface area (Å²) < 4.78 is 38.1. The van der Waals surface area contributed by atoms with Gasteiger partial charge in [-0.3, -0.25) is 0 Å². The quantitative estimate of drug-likeness (QED) is 0.717. The molecule has 1 aliphatic heterocycles. The van der Waals surface area contributed by atoms with Crippen LogP contribution >= 0.6 is 0 Å². The van der Waals surface area contributed by atoms with Crippen LogP contribution in [0.5, 0.6) is 0 Å². The van der Waals surface area contributed by atoms with Crippen molar-refractivity contribution in [2.45, 2.75) is 12.6 Å². The maximum atomic E-state index is 12.7. The molecule has 2 nitrogen and oxygen atoms in total. The Bertz CT molecular complexity index is 443. The molecule has 0 saturated heterocycles. The van der Waals surface area contributed by atoms with Gasteiger partial charge in [0, 0.05) is 12.2 Å². The molecule has 0 atom stereocenters. The zero-order chi connectivity index (χ0) is 11.1. The molecule has 5 heteroatoms. The molecule has 15 heavy (non-hydrogen) atoms. The molecule has 1 aliphatic rings. The summed E-state index contributed by atoms with van der Waals surface area (Å²) in [5.74, 6) is 0. The molecule has 1 aromatic rings. The first-order valence-electron chi connectivity index (χ1n) is 4.41. The van der Waals surface area contributed by atoms with E-state index in [1.54, 1.807) is 6.07 Å². The van der Waals surface area contributed by atoms with Gasteiger partial charge >= 0.3 is 6.18 Å². The third kappa shape index (κ3) is 1.52. The van der Waals surface area contributed by atoms with E-state index in [-0.39, 0.29) is 11.1 Å². The highest BCUT2D eigenvalue weighted by Crippen LogP contribution is 2.39. The van der Waals surface area contributed by atoms with Crippen molar-refractivity contribution in [2.75, 3.05) is 11.9 Å². The van der Waals surface area contributed by atoms with Crippen LogP contribution in [-0.2, 0) is 12.6 Å². The Kier molecular flexibility index (Phi) is 2.07. The van der Waals surface area contributed by atoms with Crippen LogP contribution in [0.2, 0.25) is 0 Å². The van der Waals surface area contributed by atoms with E-state index in [1.807, 2.05) is 0 Å². The van der Waals surface area contributed by atoms with Crippen LogP contribution in [0.15, 0.2) is 12.1 Å². The average molecular weight is 212 g/mol. The Morgan fingerprint density at radius 2 is 2.07 bits per heavy atom. The largest absolute Gasteiger partial charge is 0.418 e. The molecule has 0 bridgehead atoms. The van der Waals surface area contributed by atoms with Gasteiger partial charge in [-0.15, -0.1) is 0 Å². The lowest BCUT2D eigenvalue weighted by Crippen LogP contribution is -2.11. The topological polar surface area (TPSA) is 35.8 Å². The average Bonchev–Trinajstić information content (AvgIpc) is 2.61. The number of hydrogen-bond acceptors (Lipinski definition) is 2. The SMILES string of the molecule is N#Cc1ccc2c(c1C(F)(F)F)CCN2. The standard InChI is InChI=1S/C10H7F3N2/c11-10(12,13)9-6(5-14)1-2-8-7(9)3-4-15-8/h1-2,15H,3-4H2. The van der Waals surface area contributed by atoms with Gasteiger partial charge in [0.1, 0.15) is 0 Å². The van der Waals surface area contributed by atoms with Crippen LogP contribution in [0.25, 0.3) is 0 Å². The monoisotopic (exact) mass is 212 g/mol. The van der Waals surface area contributed by atoms with E-state index < -0.39 is 11.7 Å². The van der Waals surface area contributed by atoms with Crippen molar-refractivity contribution >= 4 is 5.69 Å². The minimum Gasteiger partial charge on any atom is -0.384 e. The van der Waals surface area contributed by atoms with Crippen molar-refractivity contribution in [3.63, 3.8) is 0 Å². The molecule has 0 spiro atoms. The molecule has 2 rings (SSSR count). The predicted molar refractivity (Wildman–Crippen MR) is 48.4 cm³/mol. The van der Waals surface area contributed by atoms with Crippen LogP contribution < -0.4 is 5.32 Å². The molecular weight excluding hydrogens is 205 g/mol. The summed E-state index contributed by atoms with van der Waals surface area (Å²) in [7, 11) is 0. The number of halogens is 3. The number of benzene rings is 1. The minimum absolute atomic E-state index is 0.210. The molecule has 0 amide bonds. The van der Waals surface area contributed by atoms with Gasteiger partial charge in [0.15, 0.2) is 0 Å². The smallest absolute Gasteiger partial charge is 0.384 e. The van der Waals surface area contributed by atoms with Crippen LogP contribution in [0.3, 0.4) is 0 Å². The molecule has 0 saturated carbocycles. The Morgan fingerprint density at radius 3 is 2.67 bits per heavy atom. The van der Waals surface area contributed by atoms with Crippen LogP contribution in [0.4, 0.5) is 18.9 Å². The zero-order valence-electron chi connectivity index (χ0n) is 7.65. The van der Waals surface area contributed by atoms with Gasteiger partial charge < -0.3 is 5.32 Å². The van der Waals surface area contributed by atoms with E-state index in [4.69, 9.17) is 5.26 Å². The first-order valence-corrected chi connectivity index (χ1v) is 4.41. The summed E-state index contributed by atoms with van der Waals surface area (Å²) in [4.78, 5) is 0. The number of fused-ring (bicyclic) bond motifs is 1. The molecule has 0 radical (unpaired) electrons. The number of nitriles is 1. The molecule has 78 valence electrons. The van der Waals surface area contributed by atoms with Crippen molar-refractivity contribution < 1.29 is 13.2 Å². The Labute approximate surface area is 84.3 Å². The third-order valence-electron chi connectivity index (χ3n) is 2.41. The summed E-state index contributed by atoms with van der Waals surface area (Å²) in [5.41, 5.74) is -0.389. The number of hydrogen-bond donors (Lipinski definition) is 1. The van der Waals surface area contributed by atoms with Crippen molar-refractivity contribution in [1.29, 1.82) is 5.26 Å². The summed E-state index contributed by atoms with van der Waals surface area (Å²) in [6.07, 6.45) is -4.14. The zero-order valence-corrected chi connectivity index (χ0v) is 7.65. The van der Waals surface area contributed by atoms with E-state index in [2.05, 4.69) is 5.32 Å². The second-order valence-corrected chi connectivity index (χ2v) is 3.30. The number of anilines is 1. The van der Waals surface area contributed by atoms with Crippen molar-refractivity contribution in [2.24, 2.45) is 0 Å². The second-order valence-electron chi connectivity index (χ2n) is 3.30. The van der Waals surface area contributed by atoms with Gasteiger partial charge in [0.25, 0.3) is 0 Å². The fourth-order valence-electron chi connectivity index (χ4n) is 1.81. The summed E-state index contributed by atoms with van der Waals surface area (Å²) in [5, 5.41) is 11.5. The lowest BCUT2D eigenvalue weighted by Gasteiger charge is -2.13. The maximum absolute atomic E-state index is 12.7. The maximum Gasteiger partial charge on any atom is 0.418 e. The number of nitrogens with one attached hydrogen (secondary N) is 1. The third-order valence-corrected chi connectivity index (χ3v) is 2.41. The van der Waals surface area contributed by atoms with Crippen LogP contribution in [0, 0.1) is 11.3 Å². The van der Waals surface area contributed by atoms with Gasteiger partial charge in [0.2, 0.25) is 0 Å². The van der Waals surface area contributed by atoms with Crippen molar-refractivity contribution in [3.8, 4) is 6.07 Å². The van der Waals surface area contributed by atoms with E-state index in [0.29, 0.717) is 18.7 Å². The Morgan fingerprint density at radius 1 is 1.33 bits per heavy atom. The van der Waals surface area contributed by atoms with Gasteiger partial charge in [-0.25, -0.2) is 0 Å². The minimum atomic E-state index is -4.46. The normalized spacial score (nSPS) is 14.3. The predicted octanol–water partition coefficient (Wildman–Crippen LogP) is 2.55. The molecule has 1 heterocycles. The summed E-state index contributed by atoms with van der Waals surface area (Å²) >= 11 is 0. The molecule has 0 aromatic heterocycles. The van der Waals surface area contributed by atoms with Crippen molar-refractivity contribution in [1.82, 2.24) is 0 Å². The lowest BCUT2D eigenvalue weighted by molar-refractivity contribution is -0.138.